The third kappa shape index (κ3) is 3.40. The summed E-state index contributed by atoms with van der Waals surface area (Å²) in [6.07, 6.45) is 0.333. The van der Waals surface area contributed by atoms with E-state index < -0.39 is 6.55 Å². The number of rotatable bonds is 5. The molecule has 0 aliphatic carbocycles. The normalized spacial score (nSPS) is 15.9. The average molecular weight is 301 g/mol. The minimum atomic E-state index is -2.68. The molecule has 0 unspecified atom stereocenters. The minimum absolute atomic E-state index is 0.0707. The van der Waals surface area contributed by atoms with Crippen LogP contribution in [0.25, 0.3) is 0 Å². The summed E-state index contributed by atoms with van der Waals surface area (Å²) in [6, 6.07) is 0. The zero-order valence-electron chi connectivity index (χ0n) is 12.8. The van der Waals surface area contributed by atoms with Crippen LogP contribution in [0.4, 0.5) is 8.78 Å². The van der Waals surface area contributed by atoms with E-state index in [2.05, 4.69) is 5.10 Å². The van der Waals surface area contributed by atoms with E-state index in [1.54, 1.807) is 18.7 Å². The molecule has 1 amide bonds. The molecule has 0 N–H and O–H groups in total. The minimum Gasteiger partial charge on any atom is -0.372 e. The van der Waals surface area contributed by atoms with Crippen molar-refractivity contribution in [3.63, 3.8) is 0 Å². The molecule has 5 nitrogen and oxygen atoms in total. The quantitative estimate of drug-likeness (QED) is 0.836. The fourth-order valence-corrected chi connectivity index (χ4v) is 2.52. The standard InChI is InChI=1S/C14H21F2N3O2/c1-8(2)21-11-6-18(7-11)13(20)5-12-9(3)17-19(10(12)4)14(15)16/h8,11,14H,5-7H2,1-4H3. The van der Waals surface area contributed by atoms with E-state index in [1.165, 1.54) is 0 Å². The van der Waals surface area contributed by atoms with Gasteiger partial charge in [0.15, 0.2) is 0 Å². The molecule has 1 aliphatic rings. The predicted octanol–water partition coefficient (Wildman–Crippen LogP) is 2.07. The highest BCUT2D eigenvalue weighted by molar-refractivity contribution is 5.80. The third-order valence-electron chi connectivity index (χ3n) is 3.65. The number of halogens is 2. The summed E-state index contributed by atoms with van der Waals surface area (Å²) in [7, 11) is 0. The van der Waals surface area contributed by atoms with Gasteiger partial charge < -0.3 is 9.64 Å². The van der Waals surface area contributed by atoms with Crippen molar-refractivity contribution in [3.8, 4) is 0 Å². The van der Waals surface area contributed by atoms with E-state index in [0.29, 0.717) is 34.7 Å². The maximum atomic E-state index is 12.8. The molecule has 21 heavy (non-hydrogen) atoms. The fraction of sp³-hybridized carbons (Fsp3) is 0.714. The van der Waals surface area contributed by atoms with Crippen molar-refractivity contribution in [2.75, 3.05) is 13.1 Å². The van der Waals surface area contributed by atoms with Crippen molar-refractivity contribution in [2.24, 2.45) is 0 Å². The monoisotopic (exact) mass is 301 g/mol. The number of nitrogens with zero attached hydrogens (tertiary/aromatic N) is 3. The van der Waals surface area contributed by atoms with E-state index in [-0.39, 0.29) is 24.5 Å². The van der Waals surface area contributed by atoms with Crippen molar-refractivity contribution in [1.29, 1.82) is 0 Å². The highest BCUT2D eigenvalue weighted by Gasteiger charge is 2.32. The molecule has 1 aromatic rings. The second-order valence-electron chi connectivity index (χ2n) is 5.65. The number of aromatic nitrogens is 2. The average Bonchev–Trinajstić information content (AvgIpc) is 2.60. The Hall–Kier alpha value is -1.50. The van der Waals surface area contributed by atoms with Crippen molar-refractivity contribution < 1.29 is 18.3 Å². The molecule has 1 aliphatic heterocycles. The number of carbonyl (C=O) groups is 1. The number of likely N-dealkylation sites (tertiary alicyclic amines) is 1. The van der Waals surface area contributed by atoms with Crippen LogP contribution in [0, 0.1) is 13.8 Å². The molecule has 0 atom stereocenters. The molecule has 118 valence electrons. The first kappa shape index (κ1) is 15.9. The van der Waals surface area contributed by atoms with Gasteiger partial charge >= 0.3 is 6.55 Å². The van der Waals surface area contributed by atoms with Gasteiger partial charge in [-0.1, -0.05) is 0 Å². The lowest BCUT2D eigenvalue weighted by Gasteiger charge is -2.39. The van der Waals surface area contributed by atoms with Gasteiger partial charge in [-0.2, -0.15) is 13.9 Å². The highest BCUT2D eigenvalue weighted by Crippen LogP contribution is 2.22. The fourth-order valence-electron chi connectivity index (χ4n) is 2.52. The lowest BCUT2D eigenvalue weighted by Crippen LogP contribution is -2.55. The molecule has 1 fully saturated rings. The van der Waals surface area contributed by atoms with Gasteiger partial charge in [0.1, 0.15) is 0 Å². The zero-order valence-corrected chi connectivity index (χ0v) is 12.8. The van der Waals surface area contributed by atoms with E-state index in [4.69, 9.17) is 4.74 Å². The van der Waals surface area contributed by atoms with E-state index in [0.717, 1.165) is 0 Å². The van der Waals surface area contributed by atoms with Crippen LogP contribution in [0.3, 0.4) is 0 Å². The largest absolute Gasteiger partial charge is 0.372 e. The van der Waals surface area contributed by atoms with Crippen LogP contribution >= 0.6 is 0 Å². The molecule has 0 bridgehead atoms. The summed E-state index contributed by atoms with van der Waals surface area (Å²) in [5.74, 6) is -0.0707. The summed E-state index contributed by atoms with van der Waals surface area (Å²) in [4.78, 5) is 13.8. The molecule has 0 aromatic carbocycles. The summed E-state index contributed by atoms with van der Waals surface area (Å²) in [5, 5.41) is 3.79. The van der Waals surface area contributed by atoms with Crippen LogP contribution in [0.15, 0.2) is 0 Å². The molecule has 0 saturated carbocycles. The van der Waals surface area contributed by atoms with E-state index in [9.17, 15) is 13.6 Å². The summed E-state index contributed by atoms with van der Waals surface area (Å²) in [5.41, 5.74) is 1.43. The van der Waals surface area contributed by atoms with Gasteiger partial charge in [0.25, 0.3) is 0 Å². The Balaban J connectivity index is 1.96. The maximum Gasteiger partial charge on any atom is 0.333 e. The Morgan fingerprint density at radius 3 is 2.48 bits per heavy atom. The van der Waals surface area contributed by atoms with E-state index in [1.807, 2.05) is 13.8 Å². The van der Waals surface area contributed by atoms with Crippen LogP contribution in [0.5, 0.6) is 0 Å². The molecular formula is C14H21F2N3O2. The summed E-state index contributed by atoms with van der Waals surface area (Å²) < 4.78 is 31.8. The summed E-state index contributed by atoms with van der Waals surface area (Å²) >= 11 is 0. The second-order valence-corrected chi connectivity index (χ2v) is 5.65. The predicted molar refractivity (Wildman–Crippen MR) is 73.2 cm³/mol. The van der Waals surface area contributed by atoms with Crippen molar-refractivity contribution in [2.45, 2.75) is 52.9 Å². The van der Waals surface area contributed by atoms with Crippen molar-refractivity contribution in [1.82, 2.24) is 14.7 Å². The van der Waals surface area contributed by atoms with Crippen LogP contribution in [0.1, 0.15) is 37.3 Å². The number of alkyl halides is 2. The van der Waals surface area contributed by atoms with Gasteiger partial charge in [-0.05, 0) is 27.7 Å². The first-order chi connectivity index (χ1) is 9.79. The van der Waals surface area contributed by atoms with Crippen LogP contribution in [-0.2, 0) is 16.0 Å². The second kappa shape index (κ2) is 6.09. The molecule has 1 aromatic heterocycles. The van der Waals surface area contributed by atoms with Crippen LogP contribution in [-0.4, -0.2) is 45.9 Å². The highest BCUT2D eigenvalue weighted by atomic mass is 19.3. The van der Waals surface area contributed by atoms with Gasteiger partial charge in [-0.25, -0.2) is 4.68 Å². The number of aryl methyl sites for hydroxylation is 1. The topological polar surface area (TPSA) is 47.4 Å². The molecule has 2 rings (SSSR count). The van der Waals surface area contributed by atoms with Gasteiger partial charge in [-0.3, -0.25) is 4.79 Å². The molecular weight excluding hydrogens is 280 g/mol. The SMILES string of the molecule is Cc1nn(C(F)F)c(C)c1CC(=O)N1CC(OC(C)C)C1. The van der Waals surface area contributed by atoms with Crippen molar-refractivity contribution in [3.05, 3.63) is 17.0 Å². The maximum absolute atomic E-state index is 12.8. The lowest BCUT2D eigenvalue weighted by molar-refractivity contribution is -0.147. The third-order valence-corrected chi connectivity index (χ3v) is 3.65. The first-order valence-corrected chi connectivity index (χ1v) is 7.05. The van der Waals surface area contributed by atoms with Gasteiger partial charge in [0, 0.05) is 24.3 Å². The Morgan fingerprint density at radius 2 is 2.00 bits per heavy atom. The smallest absolute Gasteiger partial charge is 0.333 e. The lowest BCUT2D eigenvalue weighted by atomic mass is 10.1. The molecule has 1 saturated heterocycles. The summed E-state index contributed by atoms with van der Waals surface area (Å²) in [6.45, 7) is 5.58. The molecule has 0 radical (unpaired) electrons. The van der Waals surface area contributed by atoms with Crippen LogP contribution in [0.2, 0.25) is 0 Å². The first-order valence-electron chi connectivity index (χ1n) is 7.05. The zero-order chi connectivity index (χ0) is 15.7. The number of hydrogen-bond donors (Lipinski definition) is 0. The molecule has 0 spiro atoms. The van der Waals surface area contributed by atoms with Gasteiger partial charge in [0.2, 0.25) is 5.91 Å². The Labute approximate surface area is 122 Å². The van der Waals surface area contributed by atoms with Crippen LogP contribution < -0.4 is 0 Å². The van der Waals surface area contributed by atoms with Gasteiger partial charge in [-0.15, -0.1) is 0 Å². The van der Waals surface area contributed by atoms with Crippen molar-refractivity contribution >= 4 is 5.91 Å². The Bertz CT molecular complexity index is 523. The van der Waals surface area contributed by atoms with E-state index >= 15 is 0 Å². The number of carbonyl (C=O) groups excluding carboxylic acids is 1. The van der Waals surface area contributed by atoms with Gasteiger partial charge in [0.05, 0.1) is 24.3 Å². The molecule has 7 heteroatoms. The number of amides is 1. The Kier molecular flexibility index (Phi) is 4.61. The number of hydrogen-bond acceptors (Lipinski definition) is 3. The Morgan fingerprint density at radius 1 is 1.38 bits per heavy atom. The number of ether oxygens (including phenoxy) is 1. The molecule has 2 heterocycles.